The molecule has 146 valence electrons. The minimum absolute atomic E-state index is 0.153. The summed E-state index contributed by atoms with van der Waals surface area (Å²) < 4.78 is 5.05. The summed E-state index contributed by atoms with van der Waals surface area (Å²) in [6.07, 6.45) is 19.5. The SMILES string of the molecule is CCCCCC/C=C\CCCCCCCc1cc(O)cc(OC(C)=O)c1. The van der Waals surface area contributed by atoms with Crippen LogP contribution in [0.4, 0.5) is 0 Å². The highest BCUT2D eigenvalue weighted by atomic mass is 16.5. The van der Waals surface area contributed by atoms with Crippen molar-refractivity contribution in [1.29, 1.82) is 0 Å². The lowest BCUT2D eigenvalue weighted by Crippen LogP contribution is -2.01. The van der Waals surface area contributed by atoms with Crippen LogP contribution in [0.2, 0.25) is 0 Å². The van der Waals surface area contributed by atoms with Gasteiger partial charge in [-0.2, -0.15) is 0 Å². The van der Waals surface area contributed by atoms with E-state index in [4.69, 9.17) is 4.74 Å². The van der Waals surface area contributed by atoms with Crippen LogP contribution in [0.15, 0.2) is 30.4 Å². The van der Waals surface area contributed by atoms with Gasteiger partial charge < -0.3 is 9.84 Å². The van der Waals surface area contributed by atoms with Crippen LogP contribution in [0.25, 0.3) is 0 Å². The van der Waals surface area contributed by atoms with Crippen molar-refractivity contribution in [3.05, 3.63) is 35.9 Å². The molecule has 0 aliphatic heterocycles. The zero-order valence-electron chi connectivity index (χ0n) is 16.6. The van der Waals surface area contributed by atoms with Gasteiger partial charge in [-0.25, -0.2) is 0 Å². The van der Waals surface area contributed by atoms with Crippen molar-refractivity contribution in [2.75, 3.05) is 0 Å². The molecule has 1 N–H and O–H groups in total. The second-order valence-corrected chi connectivity index (χ2v) is 7.06. The van der Waals surface area contributed by atoms with Gasteiger partial charge in [-0.15, -0.1) is 0 Å². The Balaban J connectivity index is 2.06. The molecule has 1 aromatic rings. The molecule has 0 heterocycles. The maximum absolute atomic E-state index is 11.0. The molecule has 0 radical (unpaired) electrons. The van der Waals surface area contributed by atoms with Crippen molar-refractivity contribution in [3.8, 4) is 11.5 Å². The molecule has 0 atom stereocenters. The van der Waals surface area contributed by atoms with E-state index in [0.717, 1.165) is 18.4 Å². The number of phenolic OH excluding ortho intramolecular Hbond substituents is 1. The number of carbonyl (C=O) groups excluding carboxylic acids is 1. The van der Waals surface area contributed by atoms with Gasteiger partial charge in [0.15, 0.2) is 0 Å². The number of allylic oxidation sites excluding steroid dienone is 2. The van der Waals surface area contributed by atoms with Crippen molar-refractivity contribution in [2.45, 2.75) is 90.9 Å². The molecule has 1 rings (SSSR count). The predicted molar refractivity (Wildman–Crippen MR) is 109 cm³/mol. The number of phenols is 1. The largest absolute Gasteiger partial charge is 0.508 e. The van der Waals surface area contributed by atoms with E-state index in [9.17, 15) is 9.90 Å². The van der Waals surface area contributed by atoms with Gasteiger partial charge in [-0.05, 0) is 56.2 Å². The lowest BCUT2D eigenvalue weighted by molar-refractivity contribution is -0.131. The summed E-state index contributed by atoms with van der Waals surface area (Å²) in [4.78, 5) is 11.0. The smallest absolute Gasteiger partial charge is 0.308 e. The summed E-state index contributed by atoms with van der Waals surface area (Å²) >= 11 is 0. The summed E-state index contributed by atoms with van der Waals surface area (Å²) in [5, 5.41) is 9.71. The van der Waals surface area contributed by atoms with E-state index in [-0.39, 0.29) is 11.7 Å². The van der Waals surface area contributed by atoms with Crippen molar-refractivity contribution >= 4 is 5.97 Å². The van der Waals surface area contributed by atoms with Crippen LogP contribution in [-0.2, 0) is 11.2 Å². The van der Waals surface area contributed by atoms with Crippen molar-refractivity contribution < 1.29 is 14.6 Å². The molecular formula is C23H36O3. The Labute approximate surface area is 159 Å². The molecule has 0 amide bonds. The molecule has 1 aromatic carbocycles. The number of aryl methyl sites for hydroxylation is 1. The maximum Gasteiger partial charge on any atom is 0.308 e. The van der Waals surface area contributed by atoms with Crippen LogP contribution in [-0.4, -0.2) is 11.1 Å². The first-order valence-electron chi connectivity index (χ1n) is 10.3. The highest BCUT2D eigenvalue weighted by Gasteiger charge is 2.04. The van der Waals surface area contributed by atoms with Gasteiger partial charge in [-0.1, -0.05) is 57.6 Å². The van der Waals surface area contributed by atoms with E-state index in [0.29, 0.717) is 5.75 Å². The number of benzene rings is 1. The second-order valence-electron chi connectivity index (χ2n) is 7.06. The Bertz CT molecular complexity index is 534. The van der Waals surface area contributed by atoms with Crippen LogP contribution in [0.3, 0.4) is 0 Å². The summed E-state index contributed by atoms with van der Waals surface area (Å²) in [5.41, 5.74) is 1.02. The van der Waals surface area contributed by atoms with E-state index in [2.05, 4.69) is 19.1 Å². The molecule has 26 heavy (non-hydrogen) atoms. The quantitative estimate of drug-likeness (QED) is 0.173. The summed E-state index contributed by atoms with van der Waals surface area (Å²) in [6, 6.07) is 5.06. The fraction of sp³-hybridized carbons (Fsp3) is 0.609. The molecule has 0 spiro atoms. The van der Waals surface area contributed by atoms with Crippen LogP contribution in [0.5, 0.6) is 11.5 Å². The van der Waals surface area contributed by atoms with E-state index in [1.165, 1.54) is 77.2 Å². The average molecular weight is 361 g/mol. The molecule has 0 fully saturated rings. The number of esters is 1. The number of hydrogen-bond donors (Lipinski definition) is 1. The van der Waals surface area contributed by atoms with Gasteiger partial charge in [0.05, 0.1) is 0 Å². The fourth-order valence-electron chi connectivity index (χ4n) is 3.06. The Morgan fingerprint density at radius 2 is 1.54 bits per heavy atom. The van der Waals surface area contributed by atoms with E-state index < -0.39 is 0 Å². The number of unbranched alkanes of at least 4 members (excludes halogenated alkanes) is 9. The Hall–Kier alpha value is -1.77. The highest BCUT2D eigenvalue weighted by molar-refractivity contribution is 5.69. The second kappa shape index (κ2) is 14.4. The molecule has 0 unspecified atom stereocenters. The number of rotatable bonds is 14. The average Bonchev–Trinajstić information content (AvgIpc) is 2.58. The highest BCUT2D eigenvalue weighted by Crippen LogP contribution is 2.23. The molecule has 3 nitrogen and oxygen atoms in total. The van der Waals surface area contributed by atoms with Gasteiger partial charge in [-0.3, -0.25) is 4.79 Å². The summed E-state index contributed by atoms with van der Waals surface area (Å²) in [5.74, 6) is 0.214. The lowest BCUT2D eigenvalue weighted by atomic mass is 10.0. The Morgan fingerprint density at radius 3 is 2.19 bits per heavy atom. The summed E-state index contributed by atoms with van der Waals surface area (Å²) in [6.45, 7) is 3.62. The maximum atomic E-state index is 11.0. The zero-order chi connectivity index (χ0) is 19.0. The van der Waals surface area contributed by atoms with Crippen LogP contribution >= 0.6 is 0 Å². The first-order chi connectivity index (χ1) is 12.6. The van der Waals surface area contributed by atoms with Gasteiger partial charge >= 0.3 is 5.97 Å². The Kier molecular flexibility index (Phi) is 12.3. The third-order valence-corrected chi connectivity index (χ3v) is 4.44. The first kappa shape index (κ1) is 22.3. The molecule has 0 saturated carbocycles. The van der Waals surface area contributed by atoms with E-state index in [1.54, 1.807) is 6.07 Å². The Morgan fingerprint density at radius 1 is 0.923 bits per heavy atom. The van der Waals surface area contributed by atoms with E-state index in [1.807, 2.05) is 6.07 Å². The van der Waals surface area contributed by atoms with Gasteiger partial charge in [0.25, 0.3) is 0 Å². The standard InChI is InChI=1S/C23H36O3/c1-3-4-5-6-7-8-9-10-11-12-13-14-15-16-21-17-22(25)19-23(18-21)26-20(2)24/h8-9,17-19,25H,3-7,10-16H2,1-2H3/b9-8-. The molecule has 0 aromatic heterocycles. The minimum Gasteiger partial charge on any atom is -0.508 e. The molecular weight excluding hydrogens is 324 g/mol. The van der Waals surface area contributed by atoms with E-state index >= 15 is 0 Å². The third-order valence-electron chi connectivity index (χ3n) is 4.44. The molecule has 0 aliphatic carbocycles. The molecule has 0 aliphatic rings. The van der Waals surface area contributed by atoms with Crippen molar-refractivity contribution in [1.82, 2.24) is 0 Å². The molecule has 0 saturated heterocycles. The first-order valence-corrected chi connectivity index (χ1v) is 10.3. The number of ether oxygens (including phenoxy) is 1. The van der Waals surface area contributed by atoms with Gasteiger partial charge in [0.2, 0.25) is 0 Å². The third kappa shape index (κ3) is 11.7. The normalized spacial score (nSPS) is 11.2. The predicted octanol–water partition coefficient (Wildman–Crippen LogP) is 6.73. The number of carbonyl (C=O) groups is 1. The molecule has 3 heteroatoms. The van der Waals surface area contributed by atoms with Crippen molar-refractivity contribution in [3.63, 3.8) is 0 Å². The van der Waals surface area contributed by atoms with Crippen molar-refractivity contribution in [2.24, 2.45) is 0 Å². The fourth-order valence-corrected chi connectivity index (χ4v) is 3.06. The van der Waals surface area contributed by atoms with Crippen LogP contribution in [0.1, 0.15) is 90.0 Å². The number of aromatic hydroxyl groups is 1. The molecule has 0 bridgehead atoms. The van der Waals surface area contributed by atoms with Gasteiger partial charge in [0, 0.05) is 13.0 Å². The van der Waals surface area contributed by atoms with Crippen LogP contribution < -0.4 is 4.74 Å². The zero-order valence-corrected chi connectivity index (χ0v) is 16.6. The lowest BCUT2D eigenvalue weighted by Gasteiger charge is -2.07. The minimum atomic E-state index is -0.364. The topological polar surface area (TPSA) is 46.5 Å². The number of hydrogen-bond acceptors (Lipinski definition) is 3. The monoisotopic (exact) mass is 360 g/mol. The van der Waals surface area contributed by atoms with Gasteiger partial charge in [0.1, 0.15) is 11.5 Å². The summed E-state index contributed by atoms with van der Waals surface area (Å²) in [7, 11) is 0. The van der Waals surface area contributed by atoms with Crippen LogP contribution in [0, 0.1) is 0 Å².